The van der Waals surface area contributed by atoms with Crippen LogP contribution < -0.4 is 5.32 Å². The van der Waals surface area contributed by atoms with E-state index in [1.54, 1.807) is 0 Å². The van der Waals surface area contributed by atoms with Gasteiger partial charge in [-0.2, -0.15) is 0 Å². The molecule has 0 radical (unpaired) electrons. The highest BCUT2D eigenvalue weighted by atomic mass is 16.4. The van der Waals surface area contributed by atoms with Crippen LogP contribution in [0.15, 0.2) is 24.3 Å². The van der Waals surface area contributed by atoms with Crippen molar-refractivity contribution < 1.29 is 14.7 Å². The smallest absolute Gasteiger partial charge is 0.303 e. The number of nitrogens with one attached hydrogen (secondary N) is 2. The molecule has 1 aliphatic heterocycles. The van der Waals surface area contributed by atoms with Crippen LogP contribution in [0.5, 0.6) is 0 Å². The van der Waals surface area contributed by atoms with Gasteiger partial charge in [0.25, 0.3) is 5.91 Å². The predicted molar refractivity (Wildman–Crippen MR) is 89.2 cm³/mol. The number of hydrogen-bond acceptors (Lipinski definition) is 2. The number of amides is 1. The molecule has 0 atom stereocenters. The third kappa shape index (κ3) is 2.77. The summed E-state index contributed by atoms with van der Waals surface area (Å²) in [4.78, 5) is 26.2. The van der Waals surface area contributed by atoms with Gasteiger partial charge in [0.15, 0.2) is 0 Å². The van der Waals surface area contributed by atoms with E-state index in [1.807, 2.05) is 44.2 Å². The zero-order valence-corrected chi connectivity index (χ0v) is 13.1. The summed E-state index contributed by atoms with van der Waals surface area (Å²) in [7, 11) is 0. The summed E-state index contributed by atoms with van der Waals surface area (Å²) in [6, 6.07) is 7.57. The van der Waals surface area contributed by atoms with Crippen LogP contribution in [-0.4, -0.2) is 22.0 Å². The van der Waals surface area contributed by atoms with Crippen LogP contribution in [0.4, 0.5) is 5.69 Å². The van der Waals surface area contributed by atoms with Crippen LogP contribution in [0.1, 0.15) is 34.5 Å². The maximum atomic E-state index is 12.2. The van der Waals surface area contributed by atoms with Crippen molar-refractivity contribution >= 4 is 29.2 Å². The van der Waals surface area contributed by atoms with E-state index in [1.165, 1.54) is 0 Å². The lowest BCUT2D eigenvalue weighted by atomic mass is 10.0. The topological polar surface area (TPSA) is 82.2 Å². The lowest BCUT2D eigenvalue weighted by Gasteiger charge is -2.00. The molecule has 0 saturated carbocycles. The van der Waals surface area contributed by atoms with Crippen molar-refractivity contribution in [2.45, 2.75) is 26.7 Å². The number of aromatic amines is 1. The molecule has 3 N–H and O–H groups in total. The zero-order chi connectivity index (χ0) is 16.6. The first kappa shape index (κ1) is 15.1. The van der Waals surface area contributed by atoms with Gasteiger partial charge in [-0.15, -0.1) is 0 Å². The van der Waals surface area contributed by atoms with E-state index in [4.69, 9.17) is 5.11 Å². The average molecular weight is 312 g/mol. The molecular weight excluding hydrogens is 294 g/mol. The van der Waals surface area contributed by atoms with E-state index in [2.05, 4.69) is 10.3 Å². The summed E-state index contributed by atoms with van der Waals surface area (Å²) in [6.45, 7) is 3.88. The number of rotatable bonds is 4. The fraction of sp³-hybridized carbons (Fsp3) is 0.222. The lowest BCUT2D eigenvalue weighted by molar-refractivity contribution is -0.137. The summed E-state index contributed by atoms with van der Waals surface area (Å²) in [5.41, 5.74) is 6.12. The Kier molecular flexibility index (Phi) is 3.78. The summed E-state index contributed by atoms with van der Waals surface area (Å²) < 4.78 is 0. The first-order chi connectivity index (χ1) is 11.0. The normalized spacial score (nSPS) is 14.9. The summed E-state index contributed by atoms with van der Waals surface area (Å²) >= 11 is 0. The second kappa shape index (κ2) is 5.76. The van der Waals surface area contributed by atoms with Crippen molar-refractivity contribution in [3.05, 3.63) is 52.3 Å². The molecule has 5 heteroatoms. The number of aryl methyl sites for hydroxylation is 1. The van der Waals surface area contributed by atoms with E-state index in [-0.39, 0.29) is 12.3 Å². The van der Waals surface area contributed by atoms with Gasteiger partial charge in [-0.3, -0.25) is 9.59 Å². The molecule has 118 valence electrons. The number of carboxylic acid groups (broad SMARTS) is 1. The number of fused-ring (bicyclic) bond motifs is 1. The molecule has 1 amide bonds. The molecule has 1 aromatic heterocycles. The Labute approximate surface area is 134 Å². The maximum absolute atomic E-state index is 12.2. The minimum Gasteiger partial charge on any atom is -0.481 e. The molecule has 2 heterocycles. The number of aromatic nitrogens is 1. The summed E-state index contributed by atoms with van der Waals surface area (Å²) in [5.74, 6) is -0.932. The molecule has 0 saturated heterocycles. The Balaban J connectivity index is 1.99. The number of anilines is 1. The van der Waals surface area contributed by atoms with E-state index >= 15 is 0 Å². The molecule has 0 unspecified atom stereocenters. The van der Waals surface area contributed by atoms with Gasteiger partial charge >= 0.3 is 5.97 Å². The quantitative estimate of drug-likeness (QED) is 0.759. The van der Waals surface area contributed by atoms with Gasteiger partial charge in [0.1, 0.15) is 0 Å². The van der Waals surface area contributed by atoms with Crippen molar-refractivity contribution in [1.82, 2.24) is 4.98 Å². The van der Waals surface area contributed by atoms with Gasteiger partial charge in [-0.05, 0) is 43.5 Å². The Bertz CT molecular complexity index is 831. The van der Waals surface area contributed by atoms with Crippen LogP contribution in [0.3, 0.4) is 0 Å². The molecule has 3 rings (SSSR count). The first-order valence-electron chi connectivity index (χ1n) is 7.49. The number of hydrogen-bond donors (Lipinski definition) is 3. The van der Waals surface area contributed by atoms with Crippen molar-refractivity contribution in [1.29, 1.82) is 0 Å². The number of carbonyl (C=O) groups excluding carboxylic acids is 1. The molecule has 0 aliphatic carbocycles. The zero-order valence-electron chi connectivity index (χ0n) is 13.1. The highest BCUT2D eigenvalue weighted by molar-refractivity contribution is 6.34. The number of carbonyl (C=O) groups is 2. The Morgan fingerprint density at radius 1 is 1.30 bits per heavy atom. The molecule has 2 aromatic rings. The van der Waals surface area contributed by atoms with Gasteiger partial charge in [0.05, 0.1) is 5.57 Å². The fourth-order valence-electron chi connectivity index (χ4n) is 2.99. The second-order valence-electron chi connectivity index (χ2n) is 5.72. The van der Waals surface area contributed by atoms with Crippen molar-refractivity contribution in [3.63, 3.8) is 0 Å². The molecule has 0 bridgehead atoms. The van der Waals surface area contributed by atoms with Crippen molar-refractivity contribution in [2.24, 2.45) is 0 Å². The third-order valence-corrected chi connectivity index (χ3v) is 4.22. The SMILES string of the molecule is Cc1[nH]c(C=C2c3ccccc3N[14C]2=O)c(C)c1CCC(=O)O. The van der Waals surface area contributed by atoms with E-state index in [0.717, 1.165) is 33.8 Å². The Morgan fingerprint density at radius 2 is 2.04 bits per heavy atom. The molecular formula is C18H18N2O3. The molecule has 23 heavy (non-hydrogen) atoms. The molecule has 0 spiro atoms. The minimum atomic E-state index is -0.811. The standard InChI is InChI=1S/C18H18N2O3/c1-10-12(7-8-17(21)22)11(2)19-16(10)9-14-13-5-3-4-6-15(13)20-18(14)23/h3-6,9,19H,7-8H2,1-2H3,(H,20,23)(H,21,22)/i18+2. The van der Waals surface area contributed by atoms with Crippen molar-refractivity contribution in [3.8, 4) is 0 Å². The summed E-state index contributed by atoms with van der Waals surface area (Å²) in [5, 5.41) is 11.7. The van der Waals surface area contributed by atoms with E-state index < -0.39 is 5.97 Å². The van der Waals surface area contributed by atoms with Gasteiger partial charge in [0.2, 0.25) is 0 Å². The first-order valence-corrected chi connectivity index (χ1v) is 7.49. The van der Waals surface area contributed by atoms with E-state index in [9.17, 15) is 9.59 Å². The highest BCUT2D eigenvalue weighted by Crippen LogP contribution is 2.33. The highest BCUT2D eigenvalue weighted by Gasteiger charge is 2.24. The molecule has 0 fully saturated rings. The minimum absolute atomic E-state index is 0.0961. The van der Waals surface area contributed by atoms with Gasteiger partial charge in [0, 0.05) is 29.1 Å². The number of para-hydroxylation sites is 1. The monoisotopic (exact) mass is 312 g/mol. The maximum Gasteiger partial charge on any atom is 0.303 e. The summed E-state index contributed by atoms with van der Waals surface area (Å²) in [6.07, 6.45) is 2.42. The Morgan fingerprint density at radius 3 is 2.78 bits per heavy atom. The van der Waals surface area contributed by atoms with Crippen LogP contribution >= 0.6 is 0 Å². The molecule has 1 aliphatic rings. The van der Waals surface area contributed by atoms with E-state index in [0.29, 0.717) is 12.0 Å². The predicted octanol–water partition coefficient (Wildman–Crippen LogP) is 3.14. The number of aliphatic carboxylic acids is 1. The Hall–Kier alpha value is -2.82. The van der Waals surface area contributed by atoms with Crippen LogP contribution in [0.2, 0.25) is 0 Å². The number of carboxylic acids is 1. The van der Waals surface area contributed by atoms with Crippen molar-refractivity contribution in [2.75, 3.05) is 5.32 Å². The number of benzene rings is 1. The van der Waals surface area contributed by atoms with Crippen LogP contribution in [0.25, 0.3) is 11.6 Å². The molecule has 5 nitrogen and oxygen atoms in total. The van der Waals surface area contributed by atoms with Gasteiger partial charge in [-0.1, -0.05) is 18.2 Å². The van der Waals surface area contributed by atoms with Crippen LogP contribution in [-0.2, 0) is 16.0 Å². The number of H-pyrrole nitrogens is 1. The second-order valence-corrected chi connectivity index (χ2v) is 5.72. The fourth-order valence-corrected chi connectivity index (χ4v) is 2.99. The van der Waals surface area contributed by atoms with Gasteiger partial charge < -0.3 is 15.4 Å². The molecule has 1 aromatic carbocycles. The lowest BCUT2D eigenvalue weighted by Crippen LogP contribution is -2.03. The van der Waals surface area contributed by atoms with Gasteiger partial charge in [-0.25, -0.2) is 0 Å². The van der Waals surface area contributed by atoms with Crippen LogP contribution in [0, 0.1) is 13.8 Å². The third-order valence-electron chi connectivity index (χ3n) is 4.22. The average Bonchev–Trinajstić information content (AvgIpc) is 2.95. The largest absolute Gasteiger partial charge is 0.481 e.